The molecule has 0 amide bonds. The molecule has 0 radical (unpaired) electrons. The molecule has 1 N–H and O–H groups in total. The summed E-state index contributed by atoms with van der Waals surface area (Å²) in [5.41, 5.74) is 3.15. The van der Waals surface area contributed by atoms with E-state index >= 15 is 0 Å². The molecule has 0 atom stereocenters. The number of nitrogens with one attached hydrogen (secondary N) is 1. The lowest BCUT2D eigenvalue weighted by Crippen LogP contribution is -2.15. The maximum Gasteiger partial charge on any atom is 0.267 e. The zero-order valence-electron chi connectivity index (χ0n) is 19.4. The largest absolute Gasteiger partial charge is 0.439 e. The number of ether oxygens (including phenoxy) is 1. The number of sulfone groups is 1. The van der Waals surface area contributed by atoms with Crippen molar-refractivity contribution in [1.82, 2.24) is 19.7 Å². The normalized spacial score (nSPS) is 11.9. The van der Waals surface area contributed by atoms with Gasteiger partial charge in [0.25, 0.3) is 10.0 Å². The average molecular weight is 514 g/mol. The van der Waals surface area contributed by atoms with Crippen LogP contribution in [0.1, 0.15) is 11.1 Å². The molecule has 0 saturated heterocycles. The molecule has 0 aliphatic heterocycles. The number of sulfonamides is 1. The number of aryl methyl sites for hydroxylation is 3. The Morgan fingerprint density at radius 2 is 1.57 bits per heavy atom. The first-order chi connectivity index (χ1) is 16.4. The second-order valence-corrected chi connectivity index (χ2v) is 11.7. The molecule has 0 fully saturated rings. The average Bonchev–Trinajstić information content (AvgIpc) is 3.20. The van der Waals surface area contributed by atoms with Gasteiger partial charge in [0.15, 0.2) is 9.84 Å². The van der Waals surface area contributed by atoms with Gasteiger partial charge in [0.2, 0.25) is 11.8 Å². The molecule has 0 aliphatic rings. The van der Waals surface area contributed by atoms with Crippen LogP contribution in [0.5, 0.6) is 11.6 Å². The Morgan fingerprint density at radius 3 is 2.14 bits per heavy atom. The van der Waals surface area contributed by atoms with Crippen molar-refractivity contribution >= 4 is 25.8 Å². The Kier molecular flexibility index (Phi) is 6.34. The second-order valence-electron chi connectivity index (χ2n) is 7.98. The molecule has 12 heteroatoms. The van der Waals surface area contributed by atoms with Crippen LogP contribution in [0.25, 0.3) is 11.3 Å². The smallest absolute Gasteiger partial charge is 0.267 e. The summed E-state index contributed by atoms with van der Waals surface area (Å²) in [6.45, 7) is 3.85. The molecule has 10 nitrogen and oxygen atoms in total. The number of nitrogens with zero attached hydrogens (tertiary/aromatic N) is 4. The Bertz CT molecular complexity index is 1590. The van der Waals surface area contributed by atoms with Crippen LogP contribution in [0.15, 0.2) is 70.7 Å². The molecular formula is C23H23N5O5S2. The van der Waals surface area contributed by atoms with Gasteiger partial charge in [0, 0.05) is 31.1 Å². The first-order valence-corrected chi connectivity index (χ1v) is 13.7. The van der Waals surface area contributed by atoms with Crippen molar-refractivity contribution < 1.29 is 21.6 Å². The zero-order chi connectivity index (χ0) is 25.4. The van der Waals surface area contributed by atoms with Crippen LogP contribution in [-0.2, 0) is 26.9 Å². The molecule has 2 heterocycles. The summed E-state index contributed by atoms with van der Waals surface area (Å²) in [6, 6.07) is 13.2. The van der Waals surface area contributed by atoms with Crippen molar-refractivity contribution in [1.29, 1.82) is 0 Å². The molecule has 182 valence electrons. The summed E-state index contributed by atoms with van der Waals surface area (Å²) in [7, 11) is -5.76. The molecule has 0 spiro atoms. The summed E-state index contributed by atoms with van der Waals surface area (Å²) in [5, 5.41) is 3.90. The maximum absolute atomic E-state index is 12.9. The molecule has 2 aromatic carbocycles. The maximum atomic E-state index is 12.9. The molecule has 4 rings (SSSR count). The number of rotatable bonds is 7. The SMILES string of the molecule is Cc1cccc(C)c1-c1cc(Oc2ccc(S(C)(=O)=O)cc2)nc(NS(=O)(=O)c2cnn(C)c2)n1. The van der Waals surface area contributed by atoms with E-state index in [-0.39, 0.29) is 21.6 Å². The third-order valence-corrected chi connectivity index (χ3v) is 7.54. The van der Waals surface area contributed by atoms with Gasteiger partial charge in [-0.3, -0.25) is 4.68 Å². The van der Waals surface area contributed by atoms with Gasteiger partial charge in [-0.2, -0.15) is 10.1 Å². The fraction of sp³-hybridized carbons (Fsp3) is 0.174. The van der Waals surface area contributed by atoms with Gasteiger partial charge in [-0.25, -0.2) is 26.5 Å². The molecule has 0 aliphatic carbocycles. The predicted octanol–water partition coefficient (Wildman–Crippen LogP) is 3.49. The van der Waals surface area contributed by atoms with Gasteiger partial charge in [-0.1, -0.05) is 18.2 Å². The van der Waals surface area contributed by atoms with Gasteiger partial charge in [-0.05, 0) is 49.2 Å². The van der Waals surface area contributed by atoms with E-state index in [1.165, 1.54) is 41.3 Å². The van der Waals surface area contributed by atoms with Crippen molar-refractivity contribution in [2.45, 2.75) is 23.6 Å². The lowest BCUT2D eigenvalue weighted by Gasteiger charge is -2.13. The van der Waals surface area contributed by atoms with E-state index < -0.39 is 19.9 Å². The topological polar surface area (TPSA) is 133 Å². The summed E-state index contributed by atoms with van der Waals surface area (Å²) in [5.74, 6) is 0.218. The van der Waals surface area contributed by atoms with Crippen molar-refractivity contribution in [3.63, 3.8) is 0 Å². The highest BCUT2D eigenvalue weighted by molar-refractivity contribution is 7.92. The van der Waals surface area contributed by atoms with Gasteiger partial charge in [-0.15, -0.1) is 0 Å². The van der Waals surface area contributed by atoms with Crippen LogP contribution in [-0.4, -0.2) is 42.8 Å². The highest BCUT2D eigenvalue weighted by Crippen LogP contribution is 2.31. The molecular weight excluding hydrogens is 490 g/mol. The number of benzene rings is 2. The quantitative estimate of drug-likeness (QED) is 0.397. The molecule has 35 heavy (non-hydrogen) atoms. The zero-order valence-corrected chi connectivity index (χ0v) is 21.1. The van der Waals surface area contributed by atoms with E-state index in [4.69, 9.17) is 4.74 Å². The summed E-state index contributed by atoms with van der Waals surface area (Å²) in [4.78, 5) is 8.78. The number of aromatic nitrogens is 4. The molecule has 0 bridgehead atoms. The second kappa shape index (κ2) is 9.12. The van der Waals surface area contributed by atoms with Crippen molar-refractivity contribution in [2.24, 2.45) is 7.05 Å². The summed E-state index contributed by atoms with van der Waals surface area (Å²) >= 11 is 0. The number of anilines is 1. The number of hydrogen-bond acceptors (Lipinski definition) is 8. The molecule has 0 unspecified atom stereocenters. The van der Waals surface area contributed by atoms with E-state index in [0.717, 1.165) is 22.9 Å². The van der Waals surface area contributed by atoms with Crippen LogP contribution in [0.4, 0.5) is 5.95 Å². The third kappa shape index (κ3) is 5.49. The Morgan fingerprint density at radius 1 is 0.914 bits per heavy atom. The highest BCUT2D eigenvalue weighted by atomic mass is 32.2. The van der Waals surface area contributed by atoms with Crippen LogP contribution >= 0.6 is 0 Å². The van der Waals surface area contributed by atoms with Crippen molar-refractivity contribution in [3.05, 3.63) is 72.1 Å². The standard InChI is InChI=1S/C23H23N5O5S2/c1-15-6-5-7-16(2)22(15)20-12-21(33-17-8-10-18(11-9-17)34(4,29)30)26-23(25-20)27-35(31,32)19-13-24-28(3)14-19/h5-14H,1-4H3,(H,25,26,27). The minimum atomic E-state index is -4.00. The molecule has 4 aromatic rings. The van der Waals surface area contributed by atoms with Gasteiger partial charge < -0.3 is 4.74 Å². The lowest BCUT2D eigenvalue weighted by atomic mass is 10.00. The highest BCUT2D eigenvalue weighted by Gasteiger charge is 2.20. The van der Waals surface area contributed by atoms with Crippen LogP contribution in [0.3, 0.4) is 0 Å². The van der Waals surface area contributed by atoms with E-state index in [1.807, 2.05) is 32.0 Å². The van der Waals surface area contributed by atoms with Gasteiger partial charge >= 0.3 is 0 Å². The minimum absolute atomic E-state index is 0.0418. The van der Waals surface area contributed by atoms with E-state index in [2.05, 4.69) is 19.8 Å². The molecule has 0 saturated carbocycles. The van der Waals surface area contributed by atoms with Crippen LogP contribution < -0.4 is 9.46 Å². The van der Waals surface area contributed by atoms with Gasteiger partial charge in [0.1, 0.15) is 10.6 Å². The Balaban J connectivity index is 1.77. The van der Waals surface area contributed by atoms with Crippen LogP contribution in [0.2, 0.25) is 0 Å². The minimum Gasteiger partial charge on any atom is -0.439 e. The van der Waals surface area contributed by atoms with Crippen molar-refractivity contribution in [3.8, 4) is 22.9 Å². The first-order valence-electron chi connectivity index (χ1n) is 10.4. The van der Waals surface area contributed by atoms with E-state index in [0.29, 0.717) is 11.4 Å². The Labute approximate surface area is 203 Å². The first kappa shape index (κ1) is 24.4. The monoisotopic (exact) mass is 513 g/mol. The fourth-order valence-corrected chi connectivity index (χ4v) is 5.02. The summed E-state index contributed by atoms with van der Waals surface area (Å²) < 4.78 is 58.8. The Hall–Kier alpha value is -3.77. The summed E-state index contributed by atoms with van der Waals surface area (Å²) in [6.07, 6.45) is 3.70. The van der Waals surface area contributed by atoms with Crippen molar-refractivity contribution in [2.75, 3.05) is 11.0 Å². The third-order valence-electron chi connectivity index (χ3n) is 5.13. The van der Waals surface area contributed by atoms with E-state index in [9.17, 15) is 16.8 Å². The molecule has 2 aromatic heterocycles. The number of hydrogen-bond donors (Lipinski definition) is 1. The van der Waals surface area contributed by atoms with Crippen LogP contribution in [0, 0.1) is 13.8 Å². The lowest BCUT2D eigenvalue weighted by molar-refractivity contribution is 0.462. The fourth-order valence-electron chi connectivity index (χ4n) is 3.46. The predicted molar refractivity (Wildman–Crippen MR) is 131 cm³/mol. The van der Waals surface area contributed by atoms with E-state index in [1.54, 1.807) is 13.1 Å². The van der Waals surface area contributed by atoms with Gasteiger partial charge in [0.05, 0.1) is 16.8 Å².